The molecule has 18 heavy (non-hydrogen) atoms. The summed E-state index contributed by atoms with van der Waals surface area (Å²) in [4.78, 5) is 18.0. The van der Waals surface area contributed by atoms with E-state index in [1.807, 2.05) is 36.9 Å². The van der Waals surface area contributed by atoms with Crippen LogP contribution < -0.4 is 5.32 Å². The van der Waals surface area contributed by atoms with Crippen LogP contribution in [0.1, 0.15) is 18.3 Å². The summed E-state index contributed by atoms with van der Waals surface area (Å²) >= 11 is 0. The van der Waals surface area contributed by atoms with Crippen molar-refractivity contribution in [1.82, 2.24) is 15.2 Å². The van der Waals surface area contributed by atoms with E-state index in [1.165, 1.54) is 0 Å². The third-order valence-corrected chi connectivity index (χ3v) is 2.58. The molecule has 0 spiro atoms. The highest BCUT2D eigenvalue weighted by Gasteiger charge is 2.09. The van der Waals surface area contributed by atoms with E-state index in [1.54, 1.807) is 0 Å². The van der Waals surface area contributed by atoms with E-state index in [0.29, 0.717) is 19.6 Å². The highest BCUT2D eigenvalue weighted by molar-refractivity contribution is 5.77. The molecule has 5 nitrogen and oxygen atoms in total. The summed E-state index contributed by atoms with van der Waals surface area (Å²) < 4.78 is 0. The van der Waals surface area contributed by atoms with Crippen molar-refractivity contribution in [1.29, 1.82) is 0 Å². The second kappa shape index (κ2) is 7.79. The maximum Gasteiger partial charge on any atom is 0.234 e. The molecule has 0 saturated heterocycles. The molecule has 100 valence electrons. The fourth-order valence-corrected chi connectivity index (χ4v) is 1.65. The number of likely N-dealkylation sites (N-methyl/N-ethyl adjacent to an activating group) is 1. The summed E-state index contributed by atoms with van der Waals surface area (Å²) in [6, 6.07) is 5.88. The lowest BCUT2D eigenvalue weighted by atomic mass is 10.3. The van der Waals surface area contributed by atoms with Crippen LogP contribution in [0.4, 0.5) is 0 Å². The van der Waals surface area contributed by atoms with Crippen LogP contribution in [0.3, 0.4) is 0 Å². The van der Waals surface area contributed by atoms with E-state index < -0.39 is 0 Å². The zero-order valence-corrected chi connectivity index (χ0v) is 11.0. The topological polar surface area (TPSA) is 65.5 Å². The third-order valence-electron chi connectivity index (χ3n) is 2.58. The van der Waals surface area contributed by atoms with Gasteiger partial charge in [-0.05, 0) is 25.6 Å². The van der Waals surface area contributed by atoms with Gasteiger partial charge in [-0.1, -0.05) is 13.0 Å². The van der Waals surface area contributed by atoms with Gasteiger partial charge in [-0.3, -0.25) is 14.7 Å². The molecule has 0 bridgehead atoms. The second-order valence-electron chi connectivity index (χ2n) is 4.15. The zero-order chi connectivity index (χ0) is 13.4. The van der Waals surface area contributed by atoms with Crippen molar-refractivity contribution in [3.05, 3.63) is 29.6 Å². The molecule has 5 heteroatoms. The number of amides is 1. The van der Waals surface area contributed by atoms with Crippen LogP contribution in [0, 0.1) is 6.92 Å². The predicted molar refractivity (Wildman–Crippen MR) is 70.0 cm³/mol. The predicted octanol–water partition coefficient (Wildman–Crippen LogP) is 0.320. The van der Waals surface area contributed by atoms with Crippen molar-refractivity contribution in [3.63, 3.8) is 0 Å². The molecular weight excluding hydrogens is 230 g/mol. The minimum Gasteiger partial charge on any atom is -0.395 e. The van der Waals surface area contributed by atoms with Crippen LogP contribution >= 0.6 is 0 Å². The number of carbonyl (C=O) groups excluding carboxylic acids is 1. The standard InChI is InChI=1S/C13H21N3O2/c1-3-16(10-13(18)14-7-8-17)9-12-6-4-5-11(2)15-12/h4-6,17H,3,7-10H2,1-2H3,(H,14,18). The molecule has 0 saturated carbocycles. The van der Waals surface area contributed by atoms with Crippen molar-refractivity contribution in [2.24, 2.45) is 0 Å². The Bertz CT molecular complexity index is 382. The van der Waals surface area contributed by atoms with Crippen LogP contribution in [0.5, 0.6) is 0 Å². The Morgan fingerprint density at radius 2 is 2.28 bits per heavy atom. The maximum absolute atomic E-state index is 11.5. The lowest BCUT2D eigenvalue weighted by Gasteiger charge is -2.19. The molecule has 0 unspecified atom stereocenters. The first-order valence-corrected chi connectivity index (χ1v) is 6.18. The zero-order valence-electron chi connectivity index (χ0n) is 11.0. The van der Waals surface area contributed by atoms with Crippen LogP contribution in [-0.2, 0) is 11.3 Å². The van der Waals surface area contributed by atoms with Crippen LogP contribution in [0.25, 0.3) is 0 Å². The molecule has 0 atom stereocenters. The molecule has 0 radical (unpaired) electrons. The quantitative estimate of drug-likeness (QED) is 0.732. The summed E-state index contributed by atoms with van der Waals surface area (Å²) in [5.41, 5.74) is 1.94. The van der Waals surface area contributed by atoms with Crippen molar-refractivity contribution >= 4 is 5.91 Å². The summed E-state index contributed by atoms with van der Waals surface area (Å²) in [7, 11) is 0. The molecular formula is C13H21N3O2. The SMILES string of the molecule is CCN(CC(=O)NCCO)Cc1cccc(C)n1. The van der Waals surface area contributed by atoms with Crippen LogP contribution in [0.2, 0.25) is 0 Å². The highest BCUT2D eigenvalue weighted by Crippen LogP contribution is 2.02. The number of nitrogens with one attached hydrogen (secondary N) is 1. The van der Waals surface area contributed by atoms with Crippen molar-refractivity contribution in [2.75, 3.05) is 26.2 Å². The molecule has 0 aliphatic carbocycles. The number of aliphatic hydroxyl groups excluding tert-OH is 1. The smallest absolute Gasteiger partial charge is 0.234 e. The minimum atomic E-state index is -0.0708. The lowest BCUT2D eigenvalue weighted by molar-refractivity contribution is -0.122. The van der Waals surface area contributed by atoms with Gasteiger partial charge in [0.1, 0.15) is 0 Å². The van der Waals surface area contributed by atoms with E-state index in [0.717, 1.165) is 17.9 Å². The van der Waals surface area contributed by atoms with E-state index >= 15 is 0 Å². The number of carbonyl (C=O) groups is 1. The fraction of sp³-hybridized carbons (Fsp3) is 0.538. The Balaban J connectivity index is 2.49. The Kier molecular flexibility index (Phi) is 6.32. The highest BCUT2D eigenvalue weighted by atomic mass is 16.3. The Morgan fingerprint density at radius 1 is 1.50 bits per heavy atom. The van der Waals surface area contributed by atoms with Crippen LogP contribution in [-0.4, -0.2) is 47.1 Å². The van der Waals surface area contributed by atoms with E-state index in [2.05, 4.69) is 10.3 Å². The molecule has 1 heterocycles. The van der Waals surface area contributed by atoms with Crippen molar-refractivity contribution in [2.45, 2.75) is 20.4 Å². The molecule has 0 aliphatic heterocycles. The average molecular weight is 251 g/mol. The van der Waals surface area contributed by atoms with Gasteiger partial charge >= 0.3 is 0 Å². The lowest BCUT2D eigenvalue weighted by Crippen LogP contribution is -2.38. The van der Waals surface area contributed by atoms with Gasteiger partial charge in [-0.15, -0.1) is 0 Å². The number of aliphatic hydroxyl groups is 1. The molecule has 2 N–H and O–H groups in total. The first-order chi connectivity index (χ1) is 8.65. The number of aryl methyl sites for hydroxylation is 1. The van der Waals surface area contributed by atoms with Gasteiger partial charge in [0.2, 0.25) is 5.91 Å². The van der Waals surface area contributed by atoms with Gasteiger partial charge in [0.05, 0.1) is 18.8 Å². The summed E-state index contributed by atoms with van der Waals surface area (Å²) in [6.07, 6.45) is 0. The number of pyridine rings is 1. The monoisotopic (exact) mass is 251 g/mol. The number of nitrogens with zero attached hydrogens (tertiary/aromatic N) is 2. The van der Waals surface area contributed by atoms with E-state index in [9.17, 15) is 4.79 Å². The summed E-state index contributed by atoms with van der Waals surface area (Å²) in [6.45, 7) is 6.00. The Labute approximate surface area is 108 Å². The van der Waals surface area contributed by atoms with Gasteiger partial charge in [0.25, 0.3) is 0 Å². The number of hydrogen-bond donors (Lipinski definition) is 2. The molecule has 1 rings (SSSR count). The third kappa shape index (κ3) is 5.25. The number of hydrogen-bond acceptors (Lipinski definition) is 4. The van der Waals surface area contributed by atoms with Gasteiger partial charge in [0.15, 0.2) is 0 Å². The van der Waals surface area contributed by atoms with E-state index in [-0.39, 0.29) is 12.5 Å². The molecule has 0 aliphatic rings. The molecule has 0 aromatic carbocycles. The molecule has 1 aromatic rings. The average Bonchev–Trinajstić information content (AvgIpc) is 2.35. The Hall–Kier alpha value is -1.46. The van der Waals surface area contributed by atoms with Crippen molar-refractivity contribution < 1.29 is 9.90 Å². The number of rotatable bonds is 7. The fourth-order valence-electron chi connectivity index (χ4n) is 1.65. The van der Waals surface area contributed by atoms with Crippen molar-refractivity contribution in [3.8, 4) is 0 Å². The Morgan fingerprint density at radius 3 is 2.89 bits per heavy atom. The molecule has 1 aromatic heterocycles. The number of aromatic nitrogens is 1. The second-order valence-corrected chi connectivity index (χ2v) is 4.15. The first kappa shape index (κ1) is 14.6. The summed E-state index contributed by atoms with van der Waals surface area (Å²) in [5.74, 6) is -0.0708. The summed E-state index contributed by atoms with van der Waals surface area (Å²) in [5, 5.41) is 11.3. The van der Waals surface area contributed by atoms with Gasteiger partial charge < -0.3 is 10.4 Å². The van der Waals surface area contributed by atoms with Gasteiger partial charge in [-0.2, -0.15) is 0 Å². The molecule has 0 fully saturated rings. The van der Waals surface area contributed by atoms with Crippen LogP contribution in [0.15, 0.2) is 18.2 Å². The largest absolute Gasteiger partial charge is 0.395 e. The van der Waals surface area contributed by atoms with Gasteiger partial charge in [0, 0.05) is 18.8 Å². The molecule has 1 amide bonds. The maximum atomic E-state index is 11.5. The van der Waals surface area contributed by atoms with E-state index in [4.69, 9.17) is 5.11 Å². The normalized spacial score (nSPS) is 10.7. The first-order valence-electron chi connectivity index (χ1n) is 6.18. The minimum absolute atomic E-state index is 0.0305. The van der Waals surface area contributed by atoms with Gasteiger partial charge in [-0.25, -0.2) is 0 Å².